The zero-order chi connectivity index (χ0) is 9.97. The van der Waals surface area contributed by atoms with Crippen LogP contribution < -0.4 is 0 Å². The maximum atomic E-state index is 11.4. The molecule has 1 heterocycles. The van der Waals surface area contributed by atoms with E-state index in [1.165, 1.54) is 5.56 Å². The van der Waals surface area contributed by atoms with E-state index in [1.807, 2.05) is 23.1 Å². The highest BCUT2D eigenvalue weighted by atomic mass is 16.2. The Bertz CT molecular complexity index is 320. The van der Waals surface area contributed by atoms with Gasteiger partial charge in [0, 0.05) is 13.5 Å². The fraction of sp³-hybridized carbons (Fsp3) is 0.417. The summed E-state index contributed by atoms with van der Waals surface area (Å²) in [4.78, 5) is 13.3. The first-order chi connectivity index (χ1) is 6.79. The van der Waals surface area contributed by atoms with E-state index in [2.05, 4.69) is 12.1 Å². The first-order valence-electron chi connectivity index (χ1n) is 5.11. The molecule has 1 amide bonds. The summed E-state index contributed by atoms with van der Waals surface area (Å²) in [5.74, 6) is 0.191. The minimum Gasteiger partial charge on any atom is -0.336 e. The van der Waals surface area contributed by atoms with Gasteiger partial charge in [-0.25, -0.2) is 0 Å². The number of amides is 1. The highest BCUT2D eigenvalue weighted by molar-refractivity contribution is 5.74. The monoisotopic (exact) mass is 189 g/mol. The van der Waals surface area contributed by atoms with Gasteiger partial charge in [0.1, 0.15) is 0 Å². The standard InChI is InChI=1S/C12H15NO/c1-10(14)13-9-5-8-12(13)11-6-3-2-4-7-11/h2-4,6-7,12H,5,8-9H2,1H3/t12-/m1/s1. The zero-order valence-electron chi connectivity index (χ0n) is 8.44. The molecule has 0 spiro atoms. The van der Waals surface area contributed by atoms with Gasteiger partial charge in [0.25, 0.3) is 0 Å². The number of rotatable bonds is 1. The fourth-order valence-corrected chi connectivity index (χ4v) is 2.17. The summed E-state index contributed by atoms with van der Waals surface area (Å²) in [6.07, 6.45) is 2.22. The summed E-state index contributed by atoms with van der Waals surface area (Å²) in [5, 5.41) is 0. The molecule has 0 aromatic heterocycles. The van der Waals surface area contributed by atoms with Crippen molar-refractivity contribution in [3.63, 3.8) is 0 Å². The lowest BCUT2D eigenvalue weighted by Crippen LogP contribution is -2.27. The lowest BCUT2D eigenvalue weighted by Gasteiger charge is -2.23. The van der Waals surface area contributed by atoms with Gasteiger partial charge in [0.05, 0.1) is 6.04 Å². The predicted octanol–water partition coefficient (Wildman–Crippen LogP) is 2.37. The molecule has 0 bridgehead atoms. The van der Waals surface area contributed by atoms with Gasteiger partial charge in [0.2, 0.25) is 5.91 Å². The molecule has 1 saturated heterocycles. The molecule has 1 atom stereocenters. The van der Waals surface area contributed by atoms with Crippen LogP contribution in [0.15, 0.2) is 30.3 Å². The largest absolute Gasteiger partial charge is 0.336 e. The molecule has 1 aromatic carbocycles. The van der Waals surface area contributed by atoms with E-state index in [0.29, 0.717) is 6.04 Å². The average molecular weight is 189 g/mol. The molecule has 1 fully saturated rings. The van der Waals surface area contributed by atoms with Gasteiger partial charge in [-0.15, -0.1) is 0 Å². The van der Waals surface area contributed by atoms with Crippen LogP contribution in [0.25, 0.3) is 0 Å². The van der Waals surface area contributed by atoms with Crippen LogP contribution in [0.5, 0.6) is 0 Å². The topological polar surface area (TPSA) is 20.3 Å². The highest BCUT2D eigenvalue weighted by Crippen LogP contribution is 2.31. The number of likely N-dealkylation sites (tertiary alicyclic amines) is 1. The second kappa shape index (κ2) is 3.82. The lowest BCUT2D eigenvalue weighted by atomic mass is 10.0. The van der Waals surface area contributed by atoms with Crippen molar-refractivity contribution in [3.8, 4) is 0 Å². The molecular formula is C12H15NO. The molecule has 1 aliphatic rings. The van der Waals surface area contributed by atoms with E-state index in [4.69, 9.17) is 0 Å². The molecule has 2 heteroatoms. The quantitative estimate of drug-likeness (QED) is 0.664. The molecule has 0 unspecified atom stereocenters. The van der Waals surface area contributed by atoms with Crippen molar-refractivity contribution in [2.45, 2.75) is 25.8 Å². The molecule has 74 valence electrons. The first kappa shape index (κ1) is 9.25. The van der Waals surface area contributed by atoms with Crippen LogP contribution in [-0.4, -0.2) is 17.4 Å². The fourth-order valence-electron chi connectivity index (χ4n) is 2.17. The van der Waals surface area contributed by atoms with Crippen molar-refractivity contribution in [1.29, 1.82) is 0 Å². The Balaban J connectivity index is 2.22. The summed E-state index contributed by atoms with van der Waals surface area (Å²) in [7, 11) is 0. The number of hydrogen-bond donors (Lipinski definition) is 0. The van der Waals surface area contributed by atoms with Gasteiger partial charge < -0.3 is 4.90 Å². The SMILES string of the molecule is CC(=O)N1CCC[C@@H]1c1ccccc1. The van der Waals surface area contributed by atoms with Crippen LogP contribution in [-0.2, 0) is 4.79 Å². The first-order valence-corrected chi connectivity index (χ1v) is 5.11. The number of benzene rings is 1. The van der Waals surface area contributed by atoms with Crippen LogP contribution in [0.3, 0.4) is 0 Å². The van der Waals surface area contributed by atoms with Crippen molar-refractivity contribution >= 4 is 5.91 Å². The number of carbonyl (C=O) groups is 1. The maximum Gasteiger partial charge on any atom is 0.219 e. The van der Waals surface area contributed by atoms with Crippen molar-refractivity contribution in [2.75, 3.05) is 6.54 Å². The van der Waals surface area contributed by atoms with E-state index in [1.54, 1.807) is 6.92 Å². The minimum absolute atomic E-state index is 0.191. The number of carbonyl (C=O) groups excluding carboxylic acids is 1. The van der Waals surface area contributed by atoms with E-state index in [-0.39, 0.29) is 5.91 Å². The molecule has 2 rings (SSSR count). The Morgan fingerprint density at radius 1 is 1.36 bits per heavy atom. The van der Waals surface area contributed by atoms with Crippen LogP contribution >= 0.6 is 0 Å². The molecule has 1 aromatic rings. The van der Waals surface area contributed by atoms with Gasteiger partial charge in [0.15, 0.2) is 0 Å². The second-order valence-electron chi connectivity index (χ2n) is 3.78. The zero-order valence-corrected chi connectivity index (χ0v) is 8.44. The van der Waals surface area contributed by atoms with E-state index in [0.717, 1.165) is 19.4 Å². The number of hydrogen-bond acceptors (Lipinski definition) is 1. The van der Waals surface area contributed by atoms with E-state index < -0.39 is 0 Å². The normalized spacial score (nSPS) is 21.2. The van der Waals surface area contributed by atoms with E-state index in [9.17, 15) is 4.79 Å². The highest BCUT2D eigenvalue weighted by Gasteiger charge is 2.27. The molecule has 14 heavy (non-hydrogen) atoms. The van der Waals surface area contributed by atoms with Gasteiger partial charge in [-0.2, -0.15) is 0 Å². The van der Waals surface area contributed by atoms with Crippen LogP contribution in [0, 0.1) is 0 Å². The third kappa shape index (κ3) is 1.65. The Labute approximate surface area is 84.5 Å². The maximum absolute atomic E-state index is 11.4. The molecule has 0 N–H and O–H groups in total. The summed E-state index contributed by atoms with van der Waals surface area (Å²) in [6, 6.07) is 10.6. The molecule has 0 radical (unpaired) electrons. The third-order valence-corrected chi connectivity index (χ3v) is 2.84. The molecule has 2 nitrogen and oxygen atoms in total. The Morgan fingerprint density at radius 3 is 2.71 bits per heavy atom. The average Bonchev–Trinajstić information content (AvgIpc) is 2.67. The summed E-state index contributed by atoms with van der Waals surface area (Å²) in [5.41, 5.74) is 1.26. The van der Waals surface area contributed by atoms with Crippen LogP contribution in [0.4, 0.5) is 0 Å². The van der Waals surface area contributed by atoms with Crippen molar-refractivity contribution < 1.29 is 4.79 Å². The van der Waals surface area contributed by atoms with Crippen molar-refractivity contribution in [2.24, 2.45) is 0 Å². The van der Waals surface area contributed by atoms with E-state index >= 15 is 0 Å². The van der Waals surface area contributed by atoms with Crippen LogP contribution in [0.1, 0.15) is 31.4 Å². The molecule has 0 saturated carbocycles. The molecule has 1 aliphatic heterocycles. The third-order valence-electron chi connectivity index (χ3n) is 2.84. The Kier molecular flexibility index (Phi) is 2.53. The van der Waals surface area contributed by atoms with Gasteiger partial charge in [-0.3, -0.25) is 4.79 Å². The smallest absolute Gasteiger partial charge is 0.219 e. The second-order valence-corrected chi connectivity index (χ2v) is 3.78. The van der Waals surface area contributed by atoms with Crippen LogP contribution in [0.2, 0.25) is 0 Å². The van der Waals surface area contributed by atoms with Crippen molar-refractivity contribution in [1.82, 2.24) is 4.90 Å². The minimum atomic E-state index is 0.191. The predicted molar refractivity (Wildman–Crippen MR) is 55.8 cm³/mol. The summed E-state index contributed by atoms with van der Waals surface area (Å²) in [6.45, 7) is 2.57. The van der Waals surface area contributed by atoms with Gasteiger partial charge in [-0.05, 0) is 18.4 Å². The van der Waals surface area contributed by atoms with Gasteiger partial charge >= 0.3 is 0 Å². The molecule has 0 aliphatic carbocycles. The lowest BCUT2D eigenvalue weighted by molar-refractivity contribution is -0.129. The van der Waals surface area contributed by atoms with Crippen molar-refractivity contribution in [3.05, 3.63) is 35.9 Å². The van der Waals surface area contributed by atoms with Gasteiger partial charge in [-0.1, -0.05) is 30.3 Å². The summed E-state index contributed by atoms with van der Waals surface area (Å²) >= 11 is 0. The summed E-state index contributed by atoms with van der Waals surface area (Å²) < 4.78 is 0. The Hall–Kier alpha value is -1.31. The molecular weight excluding hydrogens is 174 g/mol. The Morgan fingerprint density at radius 2 is 2.07 bits per heavy atom. The number of nitrogens with zero attached hydrogens (tertiary/aromatic N) is 1.